The third kappa shape index (κ3) is 2.38. The number of fused-ring (bicyclic) bond motifs is 1. The molecule has 17 heavy (non-hydrogen) atoms. The number of carbonyl (C=O) groups is 1. The van der Waals surface area contributed by atoms with E-state index in [9.17, 15) is 13.6 Å². The Morgan fingerprint density at radius 1 is 1.53 bits per heavy atom. The molecule has 1 amide bonds. The maximum absolute atomic E-state index is 12.2. The first-order valence-corrected chi connectivity index (χ1v) is 5.45. The van der Waals surface area contributed by atoms with Crippen molar-refractivity contribution >= 4 is 11.6 Å². The van der Waals surface area contributed by atoms with Gasteiger partial charge in [-0.1, -0.05) is 18.2 Å². The van der Waals surface area contributed by atoms with Crippen LogP contribution in [0.5, 0.6) is 0 Å². The number of halogens is 2. The van der Waals surface area contributed by atoms with Gasteiger partial charge in [-0.05, 0) is 11.6 Å². The normalized spacial score (nSPS) is 17.8. The van der Waals surface area contributed by atoms with E-state index in [1.807, 2.05) is 24.3 Å². The highest BCUT2D eigenvalue weighted by Crippen LogP contribution is 2.32. The van der Waals surface area contributed by atoms with E-state index in [-0.39, 0.29) is 11.8 Å². The summed E-state index contributed by atoms with van der Waals surface area (Å²) in [6.07, 6.45) is -2.49. The summed E-state index contributed by atoms with van der Waals surface area (Å²) in [5, 5.41) is 3.10. The number of nitrogens with one attached hydrogen (secondary N) is 1. The molecule has 5 heteroatoms. The number of para-hydroxylation sites is 1. The third-order valence-corrected chi connectivity index (χ3v) is 2.92. The van der Waals surface area contributed by atoms with E-state index in [2.05, 4.69) is 5.32 Å². The number of likely N-dealkylation sites (N-methyl/N-ethyl adjacent to an activating group) is 1. The number of anilines is 1. The van der Waals surface area contributed by atoms with Gasteiger partial charge in [0.1, 0.15) is 0 Å². The molecule has 1 aromatic carbocycles. The molecule has 0 saturated carbocycles. The standard InChI is InChI=1S/C12H14F2N2O/c1-16(7-11(13)14)12(17)9-6-15-10-5-3-2-4-8(9)10/h2-5,9,11,15H,6-7H2,1H3. The molecule has 1 N–H and O–H groups in total. The van der Waals surface area contributed by atoms with Crippen molar-refractivity contribution in [3.8, 4) is 0 Å². The van der Waals surface area contributed by atoms with Gasteiger partial charge in [0.2, 0.25) is 5.91 Å². The van der Waals surface area contributed by atoms with E-state index in [4.69, 9.17) is 0 Å². The number of amides is 1. The Labute approximate surface area is 98.4 Å². The van der Waals surface area contributed by atoms with Gasteiger partial charge in [0.05, 0.1) is 12.5 Å². The molecular formula is C12H14F2N2O. The zero-order valence-electron chi connectivity index (χ0n) is 9.49. The van der Waals surface area contributed by atoms with Crippen LogP contribution in [0.1, 0.15) is 11.5 Å². The van der Waals surface area contributed by atoms with Crippen LogP contribution < -0.4 is 5.32 Å². The minimum Gasteiger partial charge on any atom is -0.384 e. The highest BCUT2D eigenvalue weighted by atomic mass is 19.3. The Balaban J connectivity index is 2.12. The molecule has 0 spiro atoms. The van der Waals surface area contributed by atoms with Crippen molar-refractivity contribution in [2.45, 2.75) is 12.3 Å². The van der Waals surface area contributed by atoms with E-state index < -0.39 is 13.0 Å². The van der Waals surface area contributed by atoms with Crippen molar-refractivity contribution in [3.05, 3.63) is 29.8 Å². The molecule has 1 heterocycles. The van der Waals surface area contributed by atoms with Crippen LogP contribution in [0.2, 0.25) is 0 Å². The maximum Gasteiger partial charge on any atom is 0.255 e. The Morgan fingerprint density at radius 3 is 2.94 bits per heavy atom. The van der Waals surface area contributed by atoms with Crippen molar-refractivity contribution < 1.29 is 13.6 Å². The minimum absolute atomic E-state index is 0.261. The van der Waals surface area contributed by atoms with Crippen molar-refractivity contribution in [3.63, 3.8) is 0 Å². The van der Waals surface area contributed by atoms with Gasteiger partial charge in [-0.15, -0.1) is 0 Å². The smallest absolute Gasteiger partial charge is 0.255 e. The molecule has 1 aliphatic heterocycles. The van der Waals surface area contributed by atoms with Crippen LogP contribution in [0.25, 0.3) is 0 Å². The van der Waals surface area contributed by atoms with Gasteiger partial charge in [-0.3, -0.25) is 4.79 Å². The van der Waals surface area contributed by atoms with Crippen LogP contribution in [0, 0.1) is 0 Å². The highest BCUT2D eigenvalue weighted by Gasteiger charge is 2.30. The van der Waals surface area contributed by atoms with E-state index in [0.717, 1.165) is 16.2 Å². The fraction of sp³-hybridized carbons (Fsp3) is 0.417. The van der Waals surface area contributed by atoms with E-state index in [1.165, 1.54) is 7.05 Å². The lowest BCUT2D eigenvalue weighted by atomic mass is 10.00. The first kappa shape index (κ1) is 11.8. The van der Waals surface area contributed by atoms with E-state index in [0.29, 0.717) is 6.54 Å². The number of hydrogen-bond acceptors (Lipinski definition) is 2. The third-order valence-electron chi connectivity index (χ3n) is 2.92. The Kier molecular flexibility index (Phi) is 3.26. The van der Waals surface area contributed by atoms with Gasteiger partial charge < -0.3 is 10.2 Å². The molecule has 1 aromatic rings. The summed E-state index contributed by atoms with van der Waals surface area (Å²) in [4.78, 5) is 13.1. The zero-order chi connectivity index (χ0) is 12.4. The Bertz CT molecular complexity index is 423. The molecule has 92 valence electrons. The van der Waals surface area contributed by atoms with Crippen LogP contribution in [-0.2, 0) is 4.79 Å². The lowest BCUT2D eigenvalue weighted by Gasteiger charge is -2.20. The molecule has 0 bridgehead atoms. The SMILES string of the molecule is CN(CC(F)F)C(=O)C1CNc2ccccc21. The van der Waals surface area contributed by atoms with Gasteiger partial charge in [-0.2, -0.15) is 0 Å². The van der Waals surface area contributed by atoms with Crippen LogP contribution in [0.3, 0.4) is 0 Å². The molecule has 1 atom stereocenters. The molecule has 0 saturated heterocycles. The maximum atomic E-state index is 12.2. The van der Waals surface area contributed by atoms with E-state index >= 15 is 0 Å². The summed E-state index contributed by atoms with van der Waals surface area (Å²) in [7, 11) is 1.41. The van der Waals surface area contributed by atoms with Crippen molar-refractivity contribution in [1.82, 2.24) is 4.90 Å². The first-order chi connectivity index (χ1) is 8.09. The number of hydrogen-bond donors (Lipinski definition) is 1. The summed E-state index contributed by atoms with van der Waals surface area (Å²) in [6.45, 7) is -0.0384. The summed E-state index contributed by atoms with van der Waals surface area (Å²) in [5.41, 5.74) is 1.80. The van der Waals surface area contributed by atoms with Crippen molar-refractivity contribution in [2.75, 3.05) is 25.5 Å². The zero-order valence-corrected chi connectivity index (χ0v) is 9.49. The Hall–Kier alpha value is -1.65. The van der Waals surface area contributed by atoms with Crippen LogP contribution >= 0.6 is 0 Å². The quantitative estimate of drug-likeness (QED) is 0.875. The first-order valence-electron chi connectivity index (χ1n) is 5.45. The topological polar surface area (TPSA) is 32.3 Å². The molecule has 3 nitrogen and oxygen atoms in total. The largest absolute Gasteiger partial charge is 0.384 e. The molecular weight excluding hydrogens is 226 g/mol. The van der Waals surface area contributed by atoms with Gasteiger partial charge in [-0.25, -0.2) is 8.78 Å². The fourth-order valence-electron chi connectivity index (χ4n) is 2.07. The molecule has 1 unspecified atom stereocenters. The minimum atomic E-state index is -2.49. The van der Waals surface area contributed by atoms with Crippen LogP contribution in [0.15, 0.2) is 24.3 Å². The second-order valence-corrected chi connectivity index (χ2v) is 4.13. The highest BCUT2D eigenvalue weighted by molar-refractivity contribution is 5.88. The molecule has 2 rings (SSSR count). The average molecular weight is 240 g/mol. The molecule has 1 aliphatic rings. The average Bonchev–Trinajstić information content (AvgIpc) is 2.70. The number of benzene rings is 1. The number of alkyl halides is 2. The lowest BCUT2D eigenvalue weighted by molar-refractivity contribution is -0.132. The van der Waals surface area contributed by atoms with Crippen molar-refractivity contribution in [2.24, 2.45) is 0 Å². The molecule has 0 aromatic heterocycles. The second kappa shape index (κ2) is 4.69. The summed E-state index contributed by atoms with van der Waals surface area (Å²) in [6, 6.07) is 7.46. The number of nitrogens with zero attached hydrogens (tertiary/aromatic N) is 1. The predicted molar refractivity (Wildman–Crippen MR) is 61.3 cm³/mol. The van der Waals surface area contributed by atoms with Crippen LogP contribution in [0.4, 0.5) is 14.5 Å². The summed E-state index contributed by atoms with van der Waals surface area (Å²) >= 11 is 0. The van der Waals surface area contributed by atoms with Crippen LogP contribution in [-0.4, -0.2) is 37.4 Å². The monoisotopic (exact) mass is 240 g/mol. The van der Waals surface area contributed by atoms with Gasteiger partial charge in [0.25, 0.3) is 6.43 Å². The molecule has 0 aliphatic carbocycles. The lowest BCUT2D eigenvalue weighted by Crippen LogP contribution is -2.35. The van der Waals surface area contributed by atoms with Gasteiger partial charge in [0, 0.05) is 19.3 Å². The fourth-order valence-corrected chi connectivity index (χ4v) is 2.07. The summed E-state index contributed by atoms with van der Waals surface area (Å²) in [5.74, 6) is -0.613. The van der Waals surface area contributed by atoms with Gasteiger partial charge in [0.15, 0.2) is 0 Å². The Morgan fingerprint density at radius 2 is 2.24 bits per heavy atom. The number of carbonyl (C=O) groups excluding carboxylic acids is 1. The second-order valence-electron chi connectivity index (χ2n) is 4.13. The molecule has 0 radical (unpaired) electrons. The van der Waals surface area contributed by atoms with E-state index in [1.54, 1.807) is 0 Å². The summed E-state index contributed by atoms with van der Waals surface area (Å²) < 4.78 is 24.4. The van der Waals surface area contributed by atoms with Gasteiger partial charge >= 0.3 is 0 Å². The number of rotatable bonds is 3. The predicted octanol–water partition coefficient (Wildman–Crippen LogP) is 1.92. The van der Waals surface area contributed by atoms with Crippen molar-refractivity contribution in [1.29, 1.82) is 0 Å². The molecule has 0 fully saturated rings.